The molecular weight excluding hydrogens is 270 g/mol. The Morgan fingerprint density at radius 3 is 2.90 bits per heavy atom. The van der Waals surface area contributed by atoms with E-state index in [2.05, 4.69) is 15.3 Å². The van der Waals surface area contributed by atoms with Crippen LogP contribution in [0.3, 0.4) is 0 Å². The number of hydrogen-bond donors (Lipinski definition) is 1. The van der Waals surface area contributed by atoms with Crippen molar-refractivity contribution in [1.82, 2.24) is 24.5 Å². The molecule has 0 spiro atoms. The highest BCUT2D eigenvalue weighted by Crippen LogP contribution is 2.18. The highest BCUT2D eigenvalue weighted by Gasteiger charge is 2.10. The summed E-state index contributed by atoms with van der Waals surface area (Å²) in [5.74, 6) is -0.0453. The predicted molar refractivity (Wildman–Crippen MR) is 76.1 cm³/mol. The number of nitrogens with zero attached hydrogens (tertiary/aromatic N) is 5. The van der Waals surface area contributed by atoms with Crippen LogP contribution in [0.25, 0.3) is 11.0 Å². The zero-order valence-electron chi connectivity index (χ0n) is 11.6. The molecule has 0 unspecified atom stereocenters. The molecule has 1 aromatic carbocycles. The van der Waals surface area contributed by atoms with Gasteiger partial charge in [-0.3, -0.25) is 4.68 Å². The molecule has 0 fully saturated rings. The lowest BCUT2D eigenvalue weighted by Gasteiger charge is -2.07. The van der Waals surface area contributed by atoms with Gasteiger partial charge in [-0.15, -0.1) is 5.10 Å². The van der Waals surface area contributed by atoms with Gasteiger partial charge in [-0.2, -0.15) is 0 Å². The van der Waals surface area contributed by atoms with Gasteiger partial charge in [0, 0.05) is 19.3 Å². The number of aryl methyl sites for hydroxylation is 3. The number of carboxylic acids is 1. The van der Waals surface area contributed by atoms with Gasteiger partial charge >= 0.3 is 5.97 Å². The first-order valence-electron chi connectivity index (χ1n) is 6.69. The maximum absolute atomic E-state index is 11.1. The summed E-state index contributed by atoms with van der Waals surface area (Å²) in [4.78, 5) is 15.5. The first-order chi connectivity index (χ1) is 10.1. The second kappa shape index (κ2) is 5.35. The average Bonchev–Trinajstić information content (AvgIpc) is 3.06. The number of hydrogen-bond acceptors (Lipinski definition) is 4. The van der Waals surface area contributed by atoms with Crippen molar-refractivity contribution in [2.24, 2.45) is 0 Å². The molecule has 2 heterocycles. The minimum Gasteiger partial charge on any atom is -0.478 e. The third-order valence-corrected chi connectivity index (χ3v) is 3.43. The van der Waals surface area contributed by atoms with Crippen LogP contribution in [0.5, 0.6) is 0 Å². The Morgan fingerprint density at radius 2 is 2.19 bits per heavy atom. The van der Waals surface area contributed by atoms with Crippen LogP contribution >= 0.6 is 0 Å². The molecule has 0 aliphatic rings. The van der Waals surface area contributed by atoms with E-state index in [9.17, 15) is 4.79 Å². The number of carboxylic acid groups (broad SMARTS) is 1. The molecule has 7 heteroatoms. The van der Waals surface area contributed by atoms with E-state index in [1.165, 1.54) is 0 Å². The standard InChI is InChI=1S/C14H15N5O2/c1-10-16-12-4-3-11(14(20)21)9-13(12)19(10)7-2-6-18-8-5-15-17-18/h3-5,8-9H,2,6-7H2,1H3,(H,20,21). The fourth-order valence-electron chi connectivity index (χ4n) is 2.40. The minimum atomic E-state index is -0.926. The van der Waals surface area contributed by atoms with Crippen LogP contribution in [0.2, 0.25) is 0 Å². The van der Waals surface area contributed by atoms with Crippen molar-refractivity contribution < 1.29 is 9.90 Å². The normalized spacial score (nSPS) is 11.1. The Morgan fingerprint density at radius 1 is 1.33 bits per heavy atom. The highest BCUT2D eigenvalue weighted by molar-refractivity contribution is 5.92. The van der Waals surface area contributed by atoms with Crippen molar-refractivity contribution in [3.05, 3.63) is 42.0 Å². The van der Waals surface area contributed by atoms with Gasteiger partial charge in [-0.1, -0.05) is 5.21 Å². The summed E-state index contributed by atoms with van der Waals surface area (Å²) in [6.45, 7) is 3.44. The summed E-state index contributed by atoms with van der Waals surface area (Å²) in [5, 5.41) is 16.8. The molecule has 0 aliphatic heterocycles. The SMILES string of the molecule is Cc1nc2ccc(C(=O)O)cc2n1CCCn1ccnn1. The van der Waals surface area contributed by atoms with Gasteiger partial charge in [0.15, 0.2) is 0 Å². The van der Waals surface area contributed by atoms with E-state index in [-0.39, 0.29) is 5.56 Å². The van der Waals surface area contributed by atoms with E-state index in [4.69, 9.17) is 5.11 Å². The predicted octanol–water partition coefficient (Wildman–Crippen LogP) is 1.72. The Kier molecular flexibility index (Phi) is 3.39. The van der Waals surface area contributed by atoms with Crippen LogP contribution in [0, 0.1) is 6.92 Å². The van der Waals surface area contributed by atoms with Gasteiger partial charge in [-0.25, -0.2) is 9.78 Å². The van der Waals surface area contributed by atoms with Gasteiger partial charge in [0.25, 0.3) is 0 Å². The van der Waals surface area contributed by atoms with Crippen molar-refractivity contribution in [2.75, 3.05) is 0 Å². The molecule has 3 aromatic rings. The number of imidazole rings is 1. The molecule has 0 radical (unpaired) electrons. The molecule has 21 heavy (non-hydrogen) atoms. The molecule has 2 aromatic heterocycles. The fraction of sp³-hybridized carbons (Fsp3) is 0.286. The summed E-state index contributed by atoms with van der Waals surface area (Å²) in [6, 6.07) is 5.00. The quantitative estimate of drug-likeness (QED) is 0.771. The Balaban J connectivity index is 1.84. The van der Waals surface area contributed by atoms with Crippen molar-refractivity contribution in [3.63, 3.8) is 0 Å². The lowest BCUT2D eigenvalue weighted by atomic mass is 10.2. The number of benzene rings is 1. The minimum absolute atomic E-state index is 0.278. The van der Waals surface area contributed by atoms with E-state index >= 15 is 0 Å². The molecule has 3 rings (SSSR count). The zero-order chi connectivity index (χ0) is 14.8. The molecule has 0 saturated carbocycles. The number of carbonyl (C=O) groups is 1. The summed E-state index contributed by atoms with van der Waals surface area (Å²) in [7, 11) is 0. The zero-order valence-corrected chi connectivity index (χ0v) is 11.6. The van der Waals surface area contributed by atoms with E-state index in [0.717, 1.165) is 36.4 Å². The number of aromatic carboxylic acids is 1. The summed E-state index contributed by atoms with van der Waals surface area (Å²) in [5.41, 5.74) is 1.95. The maximum atomic E-state index is 11.1. The second-order valence-electron chi connectivity index (χ2n) is 4.84. The van der Waals surface area contributed by atoms with Crippen LogP contribution < -0.4 is 0 Å². The smallest absolute Gasteiger partial charge is 0.335 e. The number of rotatable bonds is 5. The number of fused-ring (bicyclic) bond motifs is 1. The van der Waals surface area contributed by atoms with E-state index in [1.54, 1.807) is 29.1 Å². The van der Waals surface area contributed by atoms with Crippen LogP contribution in [0.4, 0.5) is 0 Å². The second-order valence-corrected chi connectivity index (χ2v) is 4.84. The maximum Gasteiger partial charge on any atom is 0.335 e. The lowest BCUT2D eigenvalue weighted by Crippen LogP contribution is -2.06. The van der Waals surface area contributed by atoms with Crippen molar-refractivity contribution in [1.29, 1.82) is 0 Å². The largest absolute Gasteiger partial charge is 0.478 e. The highest BCUT2D eigenvalue weighted by atomic mass is 16.4. The Hall–Kier alpha value is -2.70. The molecule has 0 amide bonds. The first-order valence-corrected chi connectivity index (χ1v) is 6.69. The van der Waals surface area contributed by atoms with Crippen molar-refractivity contribution >= 4 is 17.0 Å². The molecular formula is C14H15N5O2. The van der Waals surface area contributed by atoms with E-state index in [0.29, 0.717) is 0 Å². The Labute approximate surface area is 120 Å². The summed E-state index contributed by atoms with van der Waals surface area (Å²) in [6.07, 6.45) is 4.34. The fourth-order valence-corrected chi connectivity index (χ4v) is 2.40. The molecule has 0 bridgehead atoms. The summed E-state index contributed by atoms with van der Waals surface area (Å²) >= 11 is 0. The van der Waals surface area contributed by atoms with Crippen LogP contribution in [-0.2, 0) is 13.1 Å². The molecule has 0 saturated heterocycles. The third-order valence-electron chi connectivity index (χ3n) is 3.43. The van der Waals surface area contributed by atoms with Gasteiger partial charge < -0.3 is 9.67 Å². The first kappa shape index (κ1) is 13.3. The van der Waals surface area contributed by atoms with Gasteiger partial charge in [-0.05, 0) is 31.5 Å². The van der Waals surface area contributed by atoms with Crippen molar-refractivity contribution in [3.8, 4) is 0 Å². The molecule has 7 nitrogen and oxygen atoms in total. The average molecular weight is 285 g/mol. The molecule has 108 valence electrons. The van der Waals surface area contributed by atoms with Crippen LogP contribution in [0.1, 0.15) is 22.6 Å². The monoisotopic (exact) mass is 285 g/mol. The molecule has 0 atom stereocenters. The van der Waals surface area contributed by atoms with Gasteiger partial charge in [0.05, 0.1) is 22.8 Å². The van der Waals surface area contributed by atoms with Crippen LogP contribution in [0.15, 0.2) is 30.6 Å². The molecule has 1 N–H and O–H groups in total. The third kappa shape index (κ3) is 2.62. The van der Waals surface area contributed by atoms with E-state index < -0.39 is 5.97 Å². The van der Waals surface area contributed by atoms with Crippen LogP contribution in [-0.4, -0.2) is 35.6 Å². The van der Waals surface area contributed by atoms with E-state index in [1.807, 2.05) is 17.7 Å². The lowest BCUT2D eigenvalue weighted by molar-refractivity contribution is 0.0697. The Bertz CT molecular complexity index is 776. The molecule has 0 aliphatic carbocycles. The number of aromatic nitrogens is 5. The summed E-state index contributed by atoms with van der Waals surface area (Å²) < 4.78 is 3.82. The van der Waals surface area contributed by atoms with Gasteiger partial charge in [0.1, 0.15) is 5.82 Å². The van der Waals surface area contributed by atoms with Crippen molar-refractivity contribution in [2.45, 2.75) is 26.4 Å². The topological polar surface area (TPSA) is 85.8 Å². The van der Waals surface area contributed by atoms with Gasteiger partial charge in [0.2, 0.25) is 0 Å².